The molecule has 0 spiro atoms. The molecule has 0 atom stereocenters. The summed E-state index contributed by atoms with van der Waals surface area (Å²) in [6.45, 7) is 12.9. The average Bonchev–Trinajstić information content (AvgIpc) is 2.15. The quantitative estimate of drug-likeness (QED) is 0.367. The van der Waals surface area contributed by atoms with E-state index in [0.29, 0.717) is 0 Å². The smallest absolute Gasteiger partial charge is 0.0437 e. The summed E-state index contributed by atoms with van der Waals surface area (Å²) in [5.41, 5.74) is 0. The predicted octanol–water partition coefficient (Wildman–Crippen LogP) is 3.78. The van der Waals surface area contributed by atoms with E-state index < -0.39 is 0 Å². The monoisotopic (exact) mass is 220 g/mol. The molecule has 0 amide bonds. The second kappa shape index (κ2) is 18.0. The van der Waals surface area contributed by atoms with Crippen molar-refractivity contribution >= 4 is 21.6 Å². The SMILES string of the molecule is C=CCSSCC=C.CCOCC. The summed E-state index contributed by atoms with van der Waals surface area (Å²) in [6, 6.07) is 0. The minimum absolute atomic E-state index is 0.844. The average molecular weight is 220 g/mol. The second-order valence-corrected chi connectivity index (χ2v) is 4.48. The third kappa shape index (κ3) is 24.5. The van der Waals surface area contributed by atoms with Crippen LogP contribution in [0.25, 0.3) is 0 Å². The van der Waals surface area contributed by atoms with Crippen LogP contribution in [0.15, 0.2) is 25.3 Å². The van der Waals surface area contributed by atoms with E-state index in [2.05, 4.69) is 13.2 Å². The lowest BCUT2D eigenvalue weighted by Gasteiger charge is -1.89. The van der Waals surface area contributed by atoms with Gasteiger partial charge in [-0.2, -0.15) is 0 Å². The van der Waals surface area contributed by atoms with Crippen molar-refractivity contribution in [1.29, 1.82) is 0 Å². The molecular formula is C10H20OS2. The van der Waals surface area contributed by atoms with E-state index in [0.717, 1.165) is 24.7 Å². The van der Waals surface area contributed by atoms with Crippen LogP contribution in [0.3, 0.4) is 0 Å². The number of ether oxygens (including phenoxy) is 1. The topological polar surface area (TPSA) is 9.23 Å². The molecule has 0 aromatic heterocycles. The van der Waals surface area contributed by atoms with Crippen LogP contribution >= 0.6 is 21.6 Å². The van der Waals surface area contributed by atoms with Gasteiger partial charge < -0.3 is 4.74 Å². The molecule has 0 saturated heterocycles. The highest BCUT2D eigenvalue weighted by Crippen LogP contribution is 2.20. The number of rotatable bonds is 7. The van der Waals surface area contributed by atoms with Crippen molar-refractivity contribution in [3.63, 3.8) is 0 Å². The third-order valence-electron chi connectivity index (χ3n) is 0.863. The van der Waals surface area contributed by atoms with Gasteiger partial charge in [0.05, 0.1) is 0 Å². The molecule has 0 bridgehead atoms. The van der Waals surface area contributed by atoms with Gasteiger partial charge in [0.15, 0.2) is 0 Å². The first-order valence-electron chi connectivity index (χ1n) is 4.37. The van der Waals surface area contributed by atoms with Crippen LogP contribution in [-0.2, 0) is 4.74 Å². The van der Waals surface area contributed by atoms with Crippen molar-refractivity contribution in [1.82, 2.24) is 0 Å². The summed E-state index contributed by atoms with van der Waals surface area (Å²) in [5, 5.41) is 0. The molecule has 0 N–H and O–H groups in total. The molecule has 1 nitrogen and oxygen atoms in total. The molecule has 78 valence electrons. The Labute approximate surface area is 90.4 Å². The standard InChI is InChI=1S/C6H10S2.C4H10O/c1-3-5-7-8-6-4-2;1-3-5-4-2/h3-4H,1-2,5-6H2;3-4H2,1-2H3. The van der Waals surface area contributed by atoms with Crippen molar-refractivity contribution in [3.8, 4) is 0 Å². The Kier molecular flexibility index (Phi) is 21.6. The van der Waals surface area contributed by atoms with Gasteiger partial charge in [0.25, 0.3) is 0 Å². The Hall–Kier alpha value is 0.140. The van der Waals surface area contributed by atoms with E-state index in [9.17, 15) is 0 Å². The van der Waals surface area contributed by atoms with Crippen molar-refractivity contribution in [2.45, 2.75) is 13.8 Å². The molecule has 0 aromatic carbocycles. The lowest BCUT2D eigenvalue weighted by atomic mass is 10.8. The normalized spacial score (nSPS) is 8.46. The van der Waals surface area contributed by atoms with Gasteiger partial charge in [0.2, 0.25) is 0 Å². The highest BCUT2D eigenvalue weighted by Gasteiger charge is 1.79. The number of hydrogen-bond donors (Lipinski definition) is 0. The molecule has 13 heavy (non-hydrogen) atoms. The molecule has 0 fully saturated rings. The van der Waals surface area contributed by atoms with Gasteiger partial charge in [-0.25, -0.2) is 0 Å². The van der Waals surface area contributed by atoms with Gasteiger partial charge in [-0.1, -0.05) is 33.7 Å². The molecule has 0 aliphatic carbocycles. The summed E-state index contributed by atoms with van der Waals surface area (Å²) in [5.74, 6) is 2.05. The summed E-state index contributed by atoms with van der Waals surface area (Å²) < 4.78 is 4.83. The van der Waals surface area contributed by atoms with Crippen LogP contribution in [-0.4, -0.2) is 24.7 Å². The van der Waals surface area contributed by atoms with Gasteiger partial charge in [0, 0.05) is 24.7 Å². The zero-order chi connectivity index (χ0) is 10.4. The zero-order valence-corrected chi connectivity index (χ0v) is 10.3. The van der Waals surface area contributed by atoms with Crippen LogP contribution in [0.1, 0.15) is 13.8 Å². The van der Waals surface area contributed by atoms with Crippen LogP contribution in [0.5, 0.6) is 0 Å². The van der Waals surface area contributed by atoms with Crippen molar-refractivity contribution in [2.75, 3.05) is 24.7 Å². The molecule has 0 heterocycles. The molecule has 0 saturated carbocycles. The fourth-order valence-corrected chi connectivity index (χ4v) is 1.94. The summed E-state index contributed by atoms with van der Waals surface area (Å²) in [7, 11) is 3.61. The van der Waals surface area contributed by atoms with E-state index in [1.807, 2.05) is 26.0 Å². The highest BCUT2D eigenvalue weighted by atomic mass is 33.1. The molecule has 0 aliphatic heterocycles. The van der Waals surface area contributed by atoms with E-state index in [1.54, 1.807) is 21.6 Å². The lowest BCUT2D eigenvalue weighted by Crippen LogP contribution is -1.84. The van der Waals surface area contributed by atoms with E-state index in [1.165, 1.54) is 0 Å². The number of hydrogen-bond acceptors (Lipinski definition) is 3. The summed E-state index contributed by atoms with van der Waals surface area (Å²) in [6.07, 6.45) is 3.81. The Morgan fingerprint density at radius 2 is 1.38 bits per heavy atom. The van der Waals surface area contributed by atoms with E-state index >= 15 is 0 Å². The van der Waals surface area contributed by atoms with E-state index in [4.69, 9.17) is 4.74 Å². The first-order valence-corrected chi connectivity index (χ1v) is 6.86. The maximum absolute atomic E-state index is 4.83. The summed E-state index contributed by atoms with van der Waals surface area (Å²) >= 11 is 0. The second-order valence-electron chi connectivity index (χ2n) is 1.93. The Morgan fingerprint density at radius 1 is 1.00 bits per heavy atom. The molecular weight excluding hydrogens is 200 g/mol. The first-order chi connectivity index (χ1) is 6.33. The fraction of sp³-hybridized carbons (Fsp3) is 0.600. The summed E-state index contributed by atoms with van der Waals surface area (Å²) in [4.78, 5) is 0. The maximum atomic E-state index is 4.83. The van der Waals surface area contributed by atoms with Gasteiger partial charge in [-0.05, 0) is 13.8 Å². The molecule has 0 rings (SSSR count). The largest absolute Gasteiger partial charge is 0.382 e. The Morgan fingerprint density at radius 3 is 1.54 bits per heavy atom. The van der Waals surface area contributed by atoms with Gasteiger partial charge >= 0.3 is 0 Å². The van der Waals surface area contributed by atoms with E-state index in [-0.39, 0.29) is 0 Å². The van der Waals surface area contributed by atoms with Crippen molar-refractivity contribution in [3.05, 3.63) is 25.3 Å². The van der Waals surface area contributed by atoms with Crippen molar-refractivity contribution in [2.24, 2.45) is 0 Å². The third-order valence-corrected chi connectivity index (χ3v) is 3.09. The van der Waals surface area contributed by atoms with Crippen LogP contribution in [0.4, 0.5) is 0 Å². The molecule has 0 aliphatic rings. The lowest BCUT2D eigenvalue weighted by molar-refractivity contribution is 0.162. The molecule has 0 radical (unpaired) electrons. The molecule has 0 unspecified atom stereocenters. The molecule has 3 heteroatoms. The first kappa shape index (κ1) is 15.6. The Bertz CT molecular complexity index is 93.1. The predicted molar refractivity (Wildman–Crippen MR) is 67.5 cm³/mol. The highest BCUT2D eigenvalue weighted by molar-refractivity contribution is 8.76. The van der Waals surface area contributed by atoms with Crippen molar-refractivity contribution < 1.29 is 4.74 Å². The van der Waals surface area contributed by atoms with Gasteiger partial charge in [-0.3, -0.25) is 0 Å². The minimum Gasteiger partial charge on any atom is -0.382 e. The van der Waals surface area contributed by atoms with Gasteiger partial charge in [0.1, 0.15) is 0 Å². The maximum Gasteiger partial charge on any atom is 0.0437 e. The van der Waals surface area contributed by atoms with Crippen LogP contribution in [0, 0.1) is 0 Å². The Balaban J connectivity index is 0. The molecule has 0 aromatic rings. The van der Waals surface area contributed by atoms with Crippen LogP contribution < -0.4 is 0 Å². The van der Waals surface area contributed by atoms with Crippen LogP contribution in [0.2, 0.25) is 0 Å². The minimum atomic E-state index is 0.844. The zero-order valence-electron chi connectivity index (χ0n) is 8.62. The fourth-order valence-electron chi connectivity index (χ4n) is 0.397. The van der Waals surface area contributed by atoms with Gasteiger partial charge in [-0.15, -0.1) is 13.2 Å².